The van der Waals surface area contributed by atoms with Crippen LogP contribution in [-0.2, 0) is 16.1 Å². The zero-order chi connectivity index (χ0) is 18.8. The van der Waals surface area contributed by atoms with Gasteiger partial charge in [-0.1, -0.05) is 6.07 Å². The van der Waals surface area contributed by atoms with E-state index in [1.165, 1.54) is 11.8 Å². The van der Waals surface area contributed by atoms with Gasteiger partial charge in [-0.3, -0.25) is 9.59 Å². The molecule has 1 saturated heterocycles. The molecule has 0 saturated carbocycles. The molecule has 1 aromatic carbocycles. The zero-order valence-electron chi connectivity index (χ0n) is 15.5. The maximum atomic E-state index is 12.6. The summed E-state index contributed by atoms with van der Waals surface area (Å²) in [5, 5.41) is 13.8. The van der Waals surface area contributed by atoms with Crippen LogP contribution < -0.4 is 5.32 Å². The second kappa shape index (κ2) is 7.47. The number of nitrogens with zero attached hydrogens (tertiary/aromatic N) is 3. The first-order valence-electron chi connectivity index (χ1n) is 8.85. The van der Waals surface area contributed by atoms with Crippen molar-refractivity contribution in [2.45, 2.75) is 32.0 Å². The molecule has 3 rings (SSSR count). The maximum absolute atomic E-state index is 12.6. The Morgan fingerprint density at radius 3 is 2.77 bits per heavy atom. The topological polar surface area (TPSA) is 77.8 Å². The highest BCUT2D eigenvalue weighted by atomic mass is 16.3. The SMILES string of the molecule is CC(=O)N1C[C@H](O)C[C@@H]1C(=O)Nc1ccc2ccn(CCN(C)C)c2c1. The van der Waals surface area contributed by atoms with Crippen LogP contribution in [0.2, 0.25) is 0 Å². The standard InChI is InChI=1S/C19H26N4O3/c1-13(24)23-12-16(25)11-18(23)19(26)20-15-5-4-14-6-7-22(17(14)10-15)9-8-21(2)3/h4-7,10,16,18,25H,8-9,11-12H2,1-3H3,(H,20,26)/t16-,18-/m1/s1. The van der Waals surface area contributed by atoms with Crippen molar-refractivity contribution in [3.8, 4) is 0 Å². The van der Waals surface area contributed by atoms with Gasteiger partial charge in [-0.25, -0.2) is 0 Å². The van der Waals surface area contributed by atoms with Gasteiger partial charge in [-0.15, -0.1) is 0 Å². The van der Waals surface area contributed by atoms with Crippen molar-refractivity contribution in [1.29, 1.82) is 0 Å². The predicted molar refractivity (Wildman–Crippen MR) is 101 cm³/mol. The molecule has 1 aliphatic rings. The highest BCUT2D eigenvalue weighted by molar-refractivity contribution is 5.98. The minimum atomic E-state index is -0.652. The lowest BCUT2D eigenvalue weighted by molar-refractivity contribution is -0.134. The molecule has 0 spiro atoms. The van der Waals surface area contributed by atoms with Gasteiger partial charge in [0.25, 0.3) is 0 Å². The number of rotatable bonds is 5. The van der Waals surface area contributed by atoms with Crippen molar-refractivity contribution in [1.82, 2.24) is 14.4 Å². The Morgan fingerprint density at radius 2 is 2.08 bits per heavy atom. The monoisotopic (exact) mass is 358 g/mol. The Hall–Kier alpha value is -2.38. The number of nitrogens with one attached hydrogen (secondary N) is 1. The molecule has 2 N–H and O–H groups in total. The summed E-state index contributed by atoms with van der Waals surface area (Å²) in [6.45, 7) is 3.41. The van der Waals surface area contributed by atoms with E-state index in [2.05, 4.69) is 20.9 Å². The third-order valence-electron chi connectivity index (χ3n) is 4.82. The summed E-state index contributed by atoms with van der Waals surface area (Å²) < 4.78 is 2.16. The van der Waals surface area contributed by atoms with Crippen LogP contribution in [0.15, 0.2) is 30.5 Å². The quantitative estimate of drug-likeness (QED) is 0.840. The Kier molecular flexibility index (Phi) is 5.29. The minimum Gasteiger partial charge on any atom is -0.391 e. The van der Waals surface area contributed by atoms with Crippen LogP contribution in [0.25, 0.3) is 10.9 Å². The summed E-state index contributed by atoms with van der Waals surface area (Å²) in [6.07, 6.45) is 1.66. The fraction of sp³-hybridized carbons (Fsp3) is 0.474. The Morgan fingerprint density at radius 1 is 1.31 bits per heavy atom. The third-order valence-corrected chi connectivity index (χ3v) is 4.82. The molecule has 0 aliphatic carbocycles. The van der Waals surface area contributed by atoms with E-state index < -0.39 is 12.1 Å². The fourth-order valence-electron chi connectivity index (χ4n) is 3.40. The van der Waals surface area contributed by atoms with Crippen molar-refractivity contribution in [3.63, 3.8) is 0 Å². The van der Waals surface area contributed by atoms with Crippen LogP contribution >= 0.6 is 0 Å². The molecule has 1 fully saturated rings. The summed E-state index contributed by atoms with van der Waals surface area (Å²) in [5.41, 5.74) is 1.75. The molecule has 1 aliphatic heterocycles. The fourth-order valence-corrected chi connectivity index (χ4v) is 3.40. The van der Waals surface area contributed by atoms with Crippen molar-refractivity contribution in [3.05, 3.63) is 30.5 Å². The molecule has 2 heterocycles. The van der Waals surface area contributed by atoms with E-state index in [0.717, 1.165) is 24.0 Å². The van der Waals surface area contributed by atoms with Gasteiger partial charge in [0.2, 0.25) is 11.8 Å². The van der Waals surface area contributed by atoms with Crippen LogP contribution in [0.4, 0.5) is 5.69 Å². The number of aliphatic hydroxyl groups excluding tert-OH is 1. The number of hydrogen-bond donors (Lipinski definition) is 2. The molecule has 2 amide bonds. The molecule has 26 heavy (non-hydrogen) atoms. The van der Waals surface area contributed by atoms with Gasteiger partial charge in [0.15, 0.2) is 0 Å². The number of aromatic nitrogens is 1. The molecule has 2 atom stereocenters. The van der Waals surface area contributed by atoms with E-state index in [4.69, 9.17) is 0 Å². The number of hydrogen-bond acceptors (Lipinski definition) is 4. The van der Waals surface area contributed by atoms with Crippen LogP contribution in [0, 0.1) is 0 Å². The molecule has 0 unspecified atom stereocenters. The number of anilines is 1. The van der Waals surface area contributed by atoms with Gasteiger partial charge in [-0.05, 0) is 37.7 Å². The number of carbonyl (C=O) groups is 2. The molecule has 140 valence electrons. The maximum Gasteiger partial charge on any atom is 0.247 e. The molecule has 1 aromatic heterocycles. The summed E-state index contributed by atoms with van der Waals surface area (Å²) in [5.74, 6) is -0.461. The number of likely N-dealkylation sites (tertiary alicyclic amines) is 1. The van der Waals surface area contributed by atoms with E-state index in [-0.39, 0.29) is 24.8 Å². The number of fused-ring (bicyclic) bond motifs is 1. The largest absolute Gasteiger partial charge is 0.391 e. The first-order valence-corrected chi connectivity index (χ1v) is 8.85. The van der Waals surface area contributed by atoms with E-state index in [1.807, 2.05) is 38.5 Å². The average Bonchev–Trinajstić information content (AvgIpc) is 3.16. The lowest BCUT2D eigenvalue weighted by Gasteiger charge is -2.22. The lowest BCUT2D eigenvalue weighted by atomic mass is 10.1. The van der Waals surface area contributed by atoms with Gasteiger partial charge in [0.05, 0.1) is 11.6 Å². The van der Waals surface area contributed by atoms with Crippen molar-refractivity contribution in [2.75, 3.05) is 32.5 Å². The Balaban J connectivity index is 1.77. The van der Waals surface area contributed by atoms with E-state index >= 15 is 0 Å². The van der Waals surface area contributed by atoms with Gasteiger partial charge in [-0.2, -0.15) is 0 Å². The van der Waals surface area contributed by atoms with Crippen molar-refractivity contribution < 1.29 is 14.7 Å². The van der Waals surface area contributed by atoms with Gasteiger partial charge >= 0.3 is 0 Å². The summed E-state index contributed by atoms with van der Waals surface area (Å²) in [4.78, 5) is 27.9. The second-order valence-corrected chi connectivity index (χ2v) is 7.15. The minimum absolute atomic E-state index is 0.199. The Labute approximate surface area is 153 Å². The van der Waals surface area contributed by atoms with Crippen LogP contribution in [0.3, 0.4) is 0 Å². The van der Waals surface area contributed by atoms with E-state index in [1.54, 1.807) is 0 Å². The first-order chi connectivity index (χ1) is 12.3. The number of β-amino-alcohol motifs (C(OH)–C–C–N with tert-alkyl or cyclic N) is 1. The molecule has 0 bridgehead atoms. The average molecular weight is 358 g/mol. The zero-order valence-corrected chi connectivity index (χ0v) is 15.5. The summed E-state index contributed by atoms with van der Waals surface area (Å²) in [7, 11) is 4.07. The van der Waals surface area contributed by atoms with Crippen LogP contribution in [0.5, 0.6) is 0 Å². The van der Waals surface area contributed by atoms with Crippen LogP contribution in [-0.4, -0.2) is 70.6 Å². The lowest BCUT2D eigenvalue weighted by Crippen LogP contribution is -2.42. The highest BCUT2D eigenvalue weighted by Gasteiger charge is 2.37. The van der Waals surface area contributed by atoms with E-state index in [9.17, 15) is 14.7 Å². The highest BCUT2D eigenvalue weighted by Crippen LogP contribution is 2.23. The molecule has 2 aromatic rings. The normalized spacial score (nSPS) is 20.1. The number of amides is 2. The number of benzene rings is 1. The molecule has 7 nitrogen and oxygen atoms in total. The number of aliphatic hydroxyl groups is 1. The van der Waals surface area contributed by atoms with Gasteiger partial charge < -0.3 is 24.8 Å². The van der Waals surface area contributed by atoms with Crippen molar-refractivity contribution >= 4 is 28.4 Å². The van der Waals surface area contributed by atoms with Gasteiger partial charge in [0, 0.05) is 44.9 Å². The van der Waals surface area contributed by atoms with Gasteiger partial charge in [0.1, 0.15) is 6.04 Å². The Bertz CT molecular complexity index is 814. The first kappa shape index (κ1) is 18.4. The number of carbonyl (C=O) groups excluding carboxylic acids is 2. The molecular weight excluding hydrogens is 332 g/mol. The summed E-state index contributed by atoms with van der Waals surface area (Å²) >= 11 is 0. The van der Waals surface area contributed by atoms with E-state index in [0.29, 0.717) is 5.69 Å². The predicted octanol–water partition coefficient (Wildman–Crippen LogP) is 1.12. The summed E-state index contributed by atoms with van der Waals surface area (Å²) in [6, 6.07) is 7.22. The van der Waals surface area contributed by atoms with Crippen LogP contribution in [0.1, 0.15) is 13.3 Å². The molecule has 7 heteroatoms. The smallest absolute Gasteiger partial charge is 0.247 e. The third kappa shape index (κ3) is 3.89. The second-order valence-electron chi connectivity index (χ2n) is 7.15. The molecular formula is C19H26N4O3. The van der Waals surface area contributed by atoms with Crippen molar-refractivity contribution in [2.24, 2.45) is 0 Å². The molecule has 0 radical (unpaired) electrons. The number of likely N-dealkylation sites (N-methyl/N-ethyl adjacent to an activating group) is 1.